The number of aryl methyl sites for hydroxylation is 2. The van der Waals surface area contributed by atoms with E-state index < -0.39 is 11.7 Å². The van der Waals surface area contributed by atoms with Gasteiger partial charge in [0.25, 0.3) is 0 Å². The van der Waals surface area contributed by atoms with Crippen LogP contribution in [-0.2, 0) is 17.6 Å². The number of allylic oxidation sites excluding steroid dienone is 1. The molecule has 0 radical (unpaired) electrons. The monoisotopic (exact) mass is 487 g/mol. The zero-order chi connectivity index (χ0) is 25.3. The highest BCUT2D eigenvalue weighted by Gasteiger charge is 2.16. The van der Waals surface area contributed by atoms with Crippen molar-refractivity contribution < 1.29 is 19.1 Å². The summed E-state index contributed by atoms with van der Waals surface area (Å²) < 4.78 is 10.0. The van der Waals surface area contributed by atoms with Gasteiger partial charge >= 0.3 is 11.7 Å². The molecule has 2 heterocycles. The van der Waals surface area contributed by atoms with Crippen LogP contribution in [0, 0.1) is 12.8 Å². The van der Waals surface area contributed by atoms with E-state index in [1.807, 2.05) is 13.8 Å². The molecule has 1 atom stereocenters. The van der Waals surface area contributed by atoms with E-state index in [4.69, 9.17) is 4.42 Å². The van der Waals surface area contributed by atoms with Gasteiger partial charge in [0, 0.05) is 34.4 Å². The normalized spacial score (nSPS) is 13.1. The molecular weight excluding hydrogens is 450 g/mol. The minimum absolute atomic E-state index is 0.0290. The first-order chi connectivity index (χ1) is 16.1. The predicted molar refractivity (Wildman–Crippen MR) is 139 cm³/mol. The molecule has 7 heteroatoms. The minimum Gasteiger partial charge on any atom is -0.507 e. The maximum absolute atomic E-state index is 12.6. The molecule has 0 aliphatic heterocycles. The Morgan fingerprint density at radius 2 is 2.00 bits per heavy atom. The molecule has 2 aromatic rings. The summed E-state index contributed by atoms with van der Waals surface area (Å²) in [4.78, 5) is 29.8. The maximum atomic E-state index is 12.6. The van der Waals surface area contributed by atoms with Gasteiger partial charge in [-0.25, -0.2) is 9.59 Å². The quantitative estimate of drug-likeness (QED) is 0.271. The molecular formula is C27H37NO5S. The van der Waals surface area contributed by atoms with Crippen molar-refractivity contribution in [3.63, 3.8) is 0 Å². The number of rotatable bonds is 11. The van der Waals surface area contributed by atoms with Crippen molar-refractivity contribution >= 4 is 29.7 Å². The van der Waals surface area contributed by atoms with Crippen LogP contribution < -0.4 is 5.63 Å². The van der Waals surface area contributed by atoms with E-state index in [0.29, 0.717) is 24.5 Å². The summed E-state index contributed by atoms with van der Waals surface area (Å²) in [5.74, 6) is 1.06. The molecule has 0 aliphatic rings. The first-order valence-corrected chi connectivity index (χ1v) is 12.6. The lowest BCUT2D eigenvalue weighted by atomic mass is 9.99. The summed E-state index contributed by atoms with van der Waals surface area (Å²) in [7, 11) is 1.28. The summed E-state index contributed by atoms with van der Waals surface area (Å²) in [6.45, 7) is 10.5. The Kier molecular flexibility index (Phi) is 10.8. The van der Waals surface area contributed by atoms with Crippen LogP contribution in [0.2, 0.25) is 0 Å². The number of amides is 1. The summed E-state index contributed by atoms with van der Waals surface area (Å²) in [5.41, 5.74) is 2.01. The average Bonchev–Trinajstić information content (AvgIpc) is 3.12. The summed E-state index contributed by atoms with van der Waals surface area (Å²) in [5, 5.41) is 10.6. The Morgan fingerprint density at radius 3 is 2.65 bits per heavy atom. The van der Waals surface area contributed by atoms with Crippen LogP contribution in [0.15, 0.2) is 31.9 Å². The van der Waals surface area contributed by atoms with Crippen LogP contribution in [0.5, 0.6) is 5.75 Å². The number of thiophene rings is 1. The first kappa shape index (κ1) is 27.6. The third kappa shape index (κ3) is 8.60. The van der Waals surface area contributed by atoms with Crippen molar-refractivity contribution in [2.45, 2.75) is 79.1 Å². The molecule has 2 aromatic heterocycles. The highest BCUT2D eigenvalue weighted by atomic mass is 32.1. The second-order valence-corrected chi connectivity index (χ2v) is 10.4. The Bertz CT molecular complexity index is 1080. The van der Waals surface area contributed by atoms with Gasteiger partial charge < -0.3 is 14.3 Å². The lowest BCUT2D eigenvalue weighted by Crippen LogP contribution is -2.11. The lowest BCUT2D eigenvalue weighted by Gasteiger charge is -2.11. The summed E-state index contributed by atoms with van der Waals surface area (Å²) in [6.07, 6.45) is 7.69. The Balaban J connectivity index is 2.04. The van der Waals surface area contributed by atoms with E-state index in [9.17, 15) is 14.7 Å². The van der Waals surface area contributed by atoms with E-state index in [1.165, 1.54) is 35.1 Å². The third-order valence-corrected chi connectivity index (χ3v) is 6.92. The fraction of sp³-hybridized carbons (Fsp3) is 0.519. The third-order valence-electron chi connectivity index (χ3n) is 5.68. The Hall–Kier alpha value is -2.67. The molecule has 2 rings (SSSR count). The molecule has 1 amide bonds. The molecule has 1 N–H and O–H groups in total. The van der Waals surface area contributed by atoms with Crippen LogP contribution in [0.3, 0.4) is 0 Å². The highest BCUT2D eigenvalue weighted by molar-refractivity contribution is 7.13. The molecule has 0 bridgehead atoms. The number of carbonyl (C=O) groups excluding carboxylic acids is 1. The second-order valence-electron chi connectivity index (χ2n) is 9.27. The largest absolute Gasteiger partial charge is 0.507 e. The van der Waals surface area contributed by atoms with Gasteiger partial charge in [-0.2, -0.15) is 4.99 Å². The lowest BCUT2D eigenvalue weighted by molar-refractivity contribution is 0.182. The first-order valence-electron chi connectivity index (χ1n) is 11.8. The number of hydrogen-bond donors (Lipinski definition) is 1. The van der Waals surface area contributed by atoms with Crippen molar-refractivity contribution in [3.05, 3.63) is 54.8 Å². The SMILES string of the molecule is COC(=O)N=CCCCC(C)c1cc(O)c(CC(C)=Cc2sc(CCC(C)C)cc2C)c(=O)o1. The summed E-state index contributed by atoms with van der Waals surface area (Å²) >= 11 is 1.79. The van der Waals surface area contributed by atoms with Gasteiger partial charge in [0.15, 0.2) is 0 Å². The van der Waals surface area contributed by atoms with Crippen LogP contribution in [0.1, 0.15) is 85.9 Å². The number of aromatic hydroxyl groups is 1. The van der Waals surface area contributed by atoms with Gasteiger partial charge in [-0.05, 0) is 69.6 Å². The second kappa shape index (κ2) is 13.3. The standard InChI is InChI=1S/C27H37NO5S/c1-17(2)10-11-21-15-20(5)25(34-21)14-18(3)13-22-23(29)16-24(33-26(22)30)19(4)9-7-8-12-28-27(31)32-6/h12,14-17,19,29H,7-11,13H2,1-6H3. The van der Waals surface area contributed by atoms with Crippen molar-refractivity contribution in [1.29, 1.82) is 0 Å². The minimum atomic E-state index is -0.621. The molecule has 1 unspecified atom stereocenters. The van der Waals surface area contributed by atoms with Crippen molar-refractivity contribution in [1.82, 2.24) is 0 Å². The van der Waals surface area contributed by atoms with Gasteiger partial charge in [-0.3, -0.25) is 0 Å². The number of hydrogen-bond acceptors (Lipinski definition) is 6. The molecule has 6 nitrogen and oxygen atoms in total. The Morgan fingerprint density at radius 1 is 1.26 bits per heavy atom. The van der Waals surface area contributed by atoms with Gasteiger partial charge in [-0.15, -0.1) is 11.3 Å². The van der Waals surface area contributed by atoms with Crippen molar-refractivity contribution in [3.8, 4) is 5.75 Å². The molecule has 34 heavy (non-hydrogen) atoms. The van der Waals surface area contributed by atoms with Crippen LogP contribution >= 0.6 is 11.3 Å². The molecule has 186 valence electrons. The van der Waals surface area contributed by atoms with Gasteiger partial charge in [-0.1, -0.05) is 26.3 Å². The maximum Gasteiger partial charge on any atom is 0.432 e. The fourth-order valence-electron chi connectivity index (χ4n) is 3.59. The number of carbonyl (C=O) groups is 1. The van der Waals surface area contributed by atoms with Crippen LogP contribution in [0.25, 0.3) is 6.08 Å². The fourth-order valence-corrected chi connectivity index (χ4v) is 4.81. The summed E-state index contributed by atoms with van der Waals surface area (Å²) in [6, 6.07) is 3.80. The zero-order valence-electron chi connectivity index (χ0n) is 21.1. The number of unbranched alkanes of at least 4 members (excludes halogenated alkanes) is 1. The van der Waals surface area contributed by atoms with Gasteiger partial charge in [0.2, 0.25) is 0 Å². The number of methoxy groups -OCH3 is 1. The highest BCUT2D eigenvalue weighted by Crippen LogP contribution is 2.29. The average molecular weight is 488 g/mol. The molecule has 0 fully saturated rings. The number of aliphatic imine (C=N–C) groups is 1. The van der Waals surface area contributed by atoms with Gasteiger partial charge in [0.1, 0.15) is 11.5 Å². The number of ether oxygens (including phenoxy) is 1. The van der Waals surface area contributed by atoms with E-state index in [0.717, 1.165) is 24.8 Å². The smallest absolute Gasteiger partial charge is 0.432 e. The molecule has 0 aromatic carbocycles. The van der Waals surface area contributed by atoms with Crippen molar-refractivity contribution in [2.24, 2.45) is 10.9 Å². The van der Waals surface area contributed by atoms with E-state index in [2.05, 4.69) is 42.6 Å². The molecule has 0 aliphatic carbocycles. The van der Waals surface area contributed by atoms with Crippen molar-refractivity contribution in [2.75, 3.05) is 7.11 Å². The van der Waals surface area contributed by atoms with Gasteiger partial charge in [0.05, 0.1) is 12.7 Å². The molecule has 0 spiro atoms. The molecule has 0 saturated carbocycles. The van der Waals surface area contributed by atoms with E-state index in [-0.39, 0.29) is 17.2 Å². The van der Waals surface area contributed by atoms with E-state index in [1.54, 1.807) is 17.4 Å². The number of nitrogens with zero attached hydrogens (tertiary/aromatic N) is 1. The van der Waals surface area contributed by atoms with E-state index >= 15 is 0 Å². The van der Waals surface area contributed by atoms with Crippen LogP contribution in [0.4, 0.5) is 4.79 Å². The Labute approximate surface area is 206 Å². The molecule has 0 saturated heterocycles. The zero-order valence-corrected chi connectivity index (χ0v) is 22.0. The van der Waals surface area contributed by atoms with Crippen LogP contribution in [-0.4, -0.2) is 24.5 Å². The topological polar surface area (TPSA) is 89.1 Å². The predicted octanol–water partition coefficient (Wildman–Crippen LogP) is 7.06.